The number of methoxy groups -OCH3 is 1. The predicted molar refractivity (Wildman–Crippen MR) is 132 cm³/mol. The van der Waals surface area contributed by atoms with Gasteiger partial charge in [0.05, 0.1) is 44.8 Å². The third-order valence-electron chi connectivity index (χ3n) is 7.28. The van der Waals surface area contributed by atoms with Crippen molar-refractivity contribution in [2.75, 3.05) is 26.9 Å². The van der Waals surface area contributed by atoms with E-state index in [1.54, 1.807) is 24.3 Å². The maximum absolute atomic E-state index is 13.7. The zero-order valence-electron chi connectivity index (χ0n) is 21.0. The summed E-state index contributed by atoms with van der Waals surface area (Å²) < 4.78 is 22.6. The number of hydrogen-bond donors (Lipinski definition) is 4. The number of carbonyl (C=O) groups excluding carboxylic acids is 2. The zero-order chi connectivity index (χ0) is 26.8. The molecule has 4 N–H and O–H groups in total. The van der Waals surface area contributed by atoms with Gasteiger partial charge >= 0.3 is 0 Å². The van der Waals surface area contributed by atoms with Crippen LogP contribution >= 0.6 is 0 Å². The number of nitrogens with one attached hydrogen (secondary N) is 1. The lowest BCUT2D eigenvalue weighted by molar-refractivity contribution is -0.147. The number of carbonyl (C=O) groups is 2. The van der Waals surface area contributed by atoms with E-state index in [-0.39, 0.29) is 37.8 Å². The minimum Gasteiger partial charge on any atom is -0.493 e. The number of amides is 2. The smallest absolute Gasteiger partial charge is 0.252 e. The van der Waals surface area contributed by atoms with E-state index in [0.717, 1.165) is 12.0 Å². The van der Waals surface area contributed by atoms with Gasteiger partial charge in [-0.15, -0.1) is 0 Å². The van der Waals surface area contributed by atoms with Gasteiger partial charge in [0, 0.05) is 36.4 Å². The summed E-state index contributed by atoms with van der Waals surface area (Å²) in [5.41, 5.74) is 2.15. The quantitative estimate of drug-likeness (QED) is 0.367. The van der Waals surface area contributed by atoms with E-state index in [4.69, 9.17) is 18.6 Å². The highest BCUT2D eigenvalue weighted by atomic mass is 16.5. The first-order chi connectivity index (χ1) is 18.5. The molecule has 5 atom stereocenters. The maximum atomic E-state index is 13.7. The Morgan fingerprint density at radius 1 is 1.24 bits per heavy atom. The number of benzene rings is 1. The lowest BCUT2D eigenvalue weighted by Gasteiger charge is -2.41. The Kier molecular flexibility index (Phi) is 7.70. The molecular weight excluding hydrogens is 496 g/mol. The van der Waals surface area contributed by atoms with Gasteiger partial charge in [-0.3, -0.25) is 9.59 Å². The minimum atomic E-state index is -1.21. The highest BCUT2D eigenvalue weighted by Gasteiger charge is 2.52. The van der Waals surface area contributed by atoms with Gasteiger partial charge in [0.25, 0.3) is 5.91 Å². The van der Waals surface area contributed by atoms with Gasteiger partial charge in [0.2, 0.25) is 5.91 Å². The Morgan fingerprint density at radius 2 is 2.08 bits per heavy atom. The third-order valence-corrected chi connectivity index (χ3v) is 7.28. The number of hydrogen-bond acceptors (Lipinski definition) is 9. The molecule has 0 spiro atoms. The van der Waals surface area contributed by atoms with Gasteiger partial charge in [0.15, 0.2) is 11.5 Å². The second kappa shape index (κ2) is 11.2. The third kappa shape index (κ3) is 4.78. The predicted octanol–water partition coefficient (Wildman–Crippen LogP) is 0.611. The van der Waals surface area contributed by atoms with Crippen LogP contribution in [0.25, 0.3) is 0 Å². The van der Waals surface area contributed by atoms with Gasteiger partial charge in [-0.05, 0) is 42.7 Å². The summed E-state index contributed by atoms with van der Waals surface area (Å²) >= 11 is 0. The van der Waals surface area contributed by atoms with Crippen molar-refractivity contribution < 1.29 is 43.5 Å². The topological polar surface area (TPSA) is 151 Å². The molecule has 0 radical (unpaired) electrons. The van der Waals surface area contributed by atoms with Crippen molar-refractivity contribution in [2.24, 2.45) is 0 Å². The lowest BCUT2D eigenvalue weighted by atomic mass is 9.77. The van der Waals surface area contributed by atoms with Gasteiger partial charge in [-0.1, -0.05) is 0 Å². The van der Waals surface area contributed by atoms with Crippen molar-refractivity contribution in [3.63, 3.8) is 0 Å². The van der Waals surface area contributed by atoms with Crippen LogP contribution in [0.15, 0.2) is 46.8 Å². The summed E-state index contributed by atoms with van der Waals surface area (Å²) in [6.07, 6.45) is 3.17. The first kappa shape index (κ1) is 26.2. The summed E-state index contributed by atoms with van der Waals surface area (Å²) in [5.74, 6) is -0.710. The Labute approximate surface area is 219 Å². The van der Waals surface area contributed by atoms with E-state index in [1.807, 2.05) is 0 Å². The van der Waals surface area contributed by atoms with Crippen LogP contribution in [0.4, 0.5) is 0 Å². The fourth-order valence-electron chi connectivity index (χ4n) is 5.49. The average Bonchev–Trinajstić information content (AvgIpc) is 3.71. The van der Waals surface area contributed by atoms with Crippen molar-refractivity contribution in [1.29, 1.82) is 0 Å². The first-order valence-electron chi connectivity index (χ1n) is 12.7. The molecule has 1 aromatic carbocycles. The van der Waals surface area contributed by atoms with E-state index < -0.39 is 36.2 Å². The Morgan fingerprint density at radius 3 is 2.74 bits per heavy atom. The van der Waals surface area contributed by atoms with Crippen molar-refractivity contribution >= 4 is 11.8 Å². The van der Waals surface area contributed by atoms with Crippen molar-refractivity contribution in [1.82, 2.24) is 10.2 Å². The summed E-state index contributed by atoms with van der Waals surface area (Å²) in [5, 5.41) is 33.5. The van der Waals surface area contributed by atoms with E-state index in [0.29, 0.717) is 35.7 Å². The van der Waals surface area contributed by atoms with Crippen LogP contribution in [0.3, 0.4) is 0 Å². The molecule has 1 aliphatic carbocycles. The van der Waals surface area contributed by atoms with Gasteiger partial charge in [0.1, 0.15) is 18.3 Å². The Bertz CT molecular complexity index is 1190. The molecule has 5 rings (SSSR count). The molecule has 11 heteroatoms. The van der Waals surface area contributed by atoms with Gasteiger partial charge in [-0.25, -0.2) is 0 Å². The molecule has 0 saturated carbocycles. The molecule has 1 fully saturated rings. The Hall–Kier alpha value is -3.38. The molecular formula is C27H32N2O9. The fourth-order valence-corrected chi connectivity index (χ4v) is 5.49. The standard InChI is InChI=1S/C27H32N2O9/c1-35-21-10-16(13-31)9-17-22-18(26(33)28-5-6-30)11-19(23(32)25(22)38-24(17)21)29(12-15-4-8-36-14-15)27(34)20-3-2-7-37-20/h4,8-11,14,19-20,22-23,25,30-32H,2-3,5-7,12-13H2,1H3,(H,28,33). The van der Waals surface area contributed by atoms with Crippen molar-refractivity contribution in [2.45, 2.75) is 56.3 Å². The normalized spacial score (nSPS) is 25.7. The molecule has 204 valence electrons. The average molecular weight is 529 g/mol. The molecule has 2 aromatic rings. The number of aliphatic hydroxyl groups is 3. The second-order valence-corrected chi connectivity index (χ2v) is 9.62. The maximum Gasteiger partial charge on any atom is 0.252 e. The number of nitrogens with zero attached hydrogens (tertiary/aromatic N) is 1. The second-order valence-electron chi connectivity index (χ2n) is 9.62. The number of ether oxygens (including phenoxy) is 3. The van der Waals surface area contributed by atoms with Gasteiger partial charge in [-0.2, -0.15) is 0 Å². The molecule has 2 aliphatic heterocycles. The van der Waals surface area contributed by atoms with Crippen LogP contribution in [-0.2, 0) is 27.5 Å². The lowest BCUT2D eigenvalue weighted by Crippen LogP contribution is -2.57. The molecule has 3 heterocycles. The molecule has 1 saturated heterocycles. The Balaban J connectivity index is 1.59. The highest BCUT2D eigenvalue weighted by Crippen LogP contribution is 2.51. The summed E-state index contributed by atoms with van der Waals surface area (Å²) in [6, 6.07) is 4.18. The molecule has 3 aliphatic rings. The van der Waals surface area contributed by atoms with E-state index >= 15 is 0 Å². The molecule has 2 amide bonds. The zero-order valence-corrected chi connectivity index (χ0v) is 21.0. The van der Waals surface area contributed by atoms with Crippen LogP contribution in [0.2, 0.25) is 0 Å². The number of furan rings is 1. The molecule has 11 nitrogen and oxygen atoms in total. The number of fused-ring (bicyclic) bond motifs is 3. The number of aliphatic hydroxyl groups excluding tert-OH is 3. The molecule has 5 unspecified atom stereocenters. The van der Waals surface area contributed by atoms with E-state index in [2.05, 4.69) is 5.32 Å². The van der Waals surface area contributed by atoms with Crippen molar-refractivity contribution in [3.05, 3.63) is 59.1 Å². The number of rotatable bonds is 9. The SMILES string of the molecule is COc1cc(CO)cc2c1OC1C2C(C(=O)NCCO)=CC(N(Cc2ccoc2)C(=O)C2CCCO2)C1O. The monoisotopic (exact) mass is 528 g/mol. The van der Waals surface area contributed by atoms with Crippen LogP contribution in [0.5, 0.6) is 11.5 Å². The van der Waals surface area contributed by atoms with Gasteiger partial charge < -0.3 is 44.2 Å². The van der Waals surface area contributed by atoms with Crippen molar-refractivity contribution in [3.8, 4) is 11.5 Å². The van der Waals surface area contributed by atoms with Crippen LogP contribution in [-0.4, -0.2) is 83.3 Å². The molecule has 38 heavy (non-hydrogen) atoms. The summed E-state index contributed by atoms with van der Waals surface area (Å²) in [7, 11) is 1.47. The van der Waals surface area contributed by atoms with Crippen LogP contribution < -0.4 is 14.8 Å². The highest BCUT2D eigenvalue weighted by molar-refractivity contribution is 5.96. The first-order valence-corrected chi connectivity index (χ1v) is 12.7. The molecule has 1 aromatic heterocycles. The fraction of sp³-hybridized carbons (Fsp3) is 0.481. The molecule has 0 bridgehead atoms. The largest absolute Gasteiger partial charge is 0.493 e. The minimum absolute atomic E-state index is 0.0298. The summed E-state index contributed by atoms with van der Waals surface area (Å²) in [4.78, 5) is 28.6. The van der Waals surface area contributed by atoms with E-state index in [9.17, 15) is 24.9 Å². The van der Waals surface area contributed by atoms with Crippen LogP contribution in [0, 0.1) is 0 Å². The van der Waals surface area contributed by atoms with Crippen LogP contribution in [0.1, 0.15) is 35.4 Å². The summed E-state index contributed by atoms with van der Waals surface area (Å²) in [6.45, 7) is 0.127. The van der Waals surface area contributed by atoms with E-state index in [1.165, 1.54) is 24.5 Å².